The maximum atomic E-state index is 8.74. The van der Waals surface area contributed by atoms with Gasteiger partial charge in [0, 0.05) is 0 Å². The van der Waals surface area contributed by atoms with Gasteiger partial charge < -0.3 is 19.4 Å². The average molecular weight is 211 g/mol. The molecule has 1 aromatic carbocycles. The Balaban J connectivity index is 2.44. The Kier molecular flexibility index (Phi) is 2.94. The lowest BCUT2D eigenvalue weighted by Gasteiger charge is -2.22. The van der Waals surface area contributed by atoms with E-state index in [2.05, 4.69) is 5.48 Å². The number of benzene rings is 1. The van der Waals surface area contributed by atoms with Gasteiger partial charge in [0.1, 0.15) is 19.0 Å². The van der Waals surface area contributed by atoms with Crippen molar-refractivity contribution in [2.45, 2.75) is 6.54 Å². The first kappa shape index (κ1) is 10.1. The zero-order chi connectivity index (χ0) is 10.7. The number of hydroxylamine groups is 1. The van der Waals surface area contributed by atoms with E-state index in [1.54, 1.807) is 19.2 Å². The molecule has 2 N–H and O–H groups in total. The van der Waals surface area contributed by atoms with Gasteiger partial charge in [0.15, 0.2) is 11.5 Å². The van der Waals surface area contributed by atoms with E-state index >= 15 is 0 Å². The molecule has 0 saturated carbocycles. The SMILES string of the molecule is COc1ccc2c(c1CNO)OCCO2. The van der Waals surface area contributed by atoms with Crippen molar-refractivity contribution in [3.05, 3.63) is 17.7 Å². The van der Waals surface area contributed by atoms with Crippen molar-refractivity contribution in [1.29, 1.82) is 0 Å². The van der Waals surface area contributed by atoms with Gasteiger partial charge in [-0.1, -0.05) is 0 Å². The summed E-state index contributed by atoms with van der Waals surface area (Å²) in [6, 6.07) is 3.59. The van der Waals surface area contributed by atoms with Crippen LogP contribution in [0.15, 0.2) is 12.1 Å². The standard InChI is InChI=1S/C10H13NO4/c1-13-8-2-3-9-10(7(8)6-11-12)15-5-4-14-9/h2-3,11-12H,4-6H2,1H3. The van der Waals surface area contributed by atoms with E-state index in [4.69, 9.17) is 19.4 Å². The number of methoxy groups -OCH3 is 1. The molecule has 5 heteroatoms. The Labute approximate surface area is 87.5 Å². The van der Waals surface area contributed by atoms with Crippen LogP contribution in [0.3, 0.4) is 0 Å². The Morgan fingerprint density at radius 2 is 2.20 bits per heavy atom. The van der Waals surface area contributed by atoms with E-state index in [1.165, 1.54) is 0 Å². The summed E-state index contributed by atoms with van der Waals surface area (Å²) in [7, 11) is 1.58. The van der Waals surface area contributed by atoms with Crippen LogP contribution in [0.2, 0.25) is 0 Å². The molecule has 0 atom stereocenters. The summed E-state index contributed by atoms with van der Waals surface area (Å²) in [6.45, 7) is 1.32. The van der Waals surface area contributed by atoms with Crippen LogP contribution in [0.4, 0.5) is 0 Å². The fourth-order valence-electron chi connectivity index (χ4n) is 1.59. The van der Waals surface area contributed by atoms with Crippen LogP contribution >= 0.6 is 0 Å². The van der Waals surface area contributed by atoms with Crippen molar-refractivity contribution >= 4 is 0 Å². The van der Waals surface area contributed by atoms with E-state index in [1.807, 2.05) is 0 Å². The zero-order valence-corrected chi connectivity index (χ0v) is 8.45. The minimum Gasteiger partial charge on any atom is -0.496 e. The Morgan fingerprint density at radius 3 is 2.93 bits per heavy atom. The molecule has 1 heterocycles. The molecule has 5 nitrogen and oxygen atoms in total. The quantitative estimate of drug-likeness (QED) is 0.729. The van der Waals surface area contributed by atoms with Gasteiger partial charge in [-0.2, -0.15) is 0 Å². The van der Waals surface area contributed by atoms with Crippen molar-refractivity contribution < 1.29 is 19.4 Å². The van der Waals surface area contributed by atoms with Gasteiger partial charge >= 0.3 is 0 Å². The number of hydrogen-bond donors (Lipinski definition) is 2. The monoisotopic (exact) mass is 211 g/mol. The topological polar surface area (TPSA) is 60.0 Å². The smallest absolute Gasteiger partial charge is 0.169 e. The van der Waals surface area contributed by atoms with Crippen molar-refractivity contribution in [3.63, 3.8) is 0 Å². The number of rotatable bonds is 3. The number of nitrogens with one attached hydrogen (secondary N) is 1. The summed E-state index contributed by atoms with van der Waals surface area (Å²) in [6.07, 6.45) is 0. The number of hydrogen-bond acceptors (Lipinski definition) is 5. The number of ether oxygens (including phenoxy) is 3. The van der Waals surface area contributed by atoms with E-state index in [-0.39, 0.29) is 6.54 Å². The third-order valence-corrected chi connectivity index (χ3v) is 2.24. The summed E-state index contributed by atoms with van der Waals surface area (Å²) >= 11 is 0. The van der Waals surface area contributed by atoms with Gasteiger partial charge in [0.25, 0.3) is 0 Å². The highest BCUT2D eigenvalue weighted by atomic mass is 16.6. The average Bonchev–Trinajstić information content (AvgIpc) is 2.30. The van der Waals surface area contributed by atoms with Gasteiger partial charge in [0.2, 0.25) is 0 Å². The Hall–Kier alpha value is -1.46. The molecule has 1 aromatic rings. The third-order valence-electron chi connectivity index (χ3n) is 2.24. The van der Waals surface area contributed by atoms with E-state index in [0.29, 0.717) is 30.5 Å². The predicted octanol–water partition coefficient (Wildman–Crippen LogP) is 0.945. The molecule has 0 aliphatic carbocycles. The van der Waals surface area contributed by atoms with Gasteiger partial charge in [-0.25, -0.2) is 5.48 Å². The normalized spacial score (nSPS) is 13.7. The second kappa shape index (κ2) is 4.37. The lowest BCUT2D eigenvalue weighted by Crippen LogP contribution is -2.18. The summed E-state index contributed by atoms with van der Waals surface area (Å²) in [5.41, 5.74) is 2.85. The fraction of sp³-hybridized carbons (Fsp3) is 0.400. The molecule has 82 valence electrons. The van der Waals surface area contributed by atoms with Crippen molar-refractivity contribution in [2.75, 3.05) is 20.3 Å². The molecule has 2 rings (SSSR count). The molecule has 0 bridgehead atoms. The number of fused-ring (bicyclic) bond motifs is 1. The van der Waals surface area contributed by atoms with Crippen molar-refractivity contribution in [3.8, 4) is 17.2 Å². The van der Waals surface area contributed by atoms with Gasteiger partial charge in [-0.15, -0.1) is 0 Å². The molecule has 0 amide bonds. The third kappa shape index (κ3) is 1.84. The maximum absolute atomic E-state index is 8.74. The first-order valence-electron chi connectivity index (χ1n) is 4.69. The van der Waals surface area contributed by atoms with Crippen LogP contribution in [0.1, 0.15) is 5.56 Å². The summed E-state index contributed by atoms with van der Waals surface area (Å²) in [5.74, 6) is 2.00. The molecular weight excluding hydrogens is 198 g/mol. The van der Waals surface area contributed by atoms with E-state index < -0.39 is 0 Å². The summed E-state index contributed by atoms with van der Waals surface area (Å²) in [4.78, 5) is 0. The van der Waals surface area contributed by atoms with Gasteiger partial charge in [-0.05, 0) is 12.1 Å². The largest absolute Gasteiger partial charge is 0.496 e. The van der Waals surface area contributed by atoms with Crippen molar-refractivity contribution in [1.82, 2.24) is 5.48 Å². The van der Waals surface area contributed by atoms with Crippen LogP contribution in [-0.2, 0) is 6.54 Å². The van der Waals surface area contributed by atoms with Crippen LogP contribution in [0, 0.1) is 0 Å². The van der Waals surface area contributed by atoms with Gasteiger partial charge in [-0.3, -0.25) is 0 Å². The minimum atomic E-state index is 0.260. The summed E-state index contributed by atoms with van der Waals surface area (Å²) in [5, 5.41) is 8.74. The van der Waals surface area contributed by atoms with E-state index in [0.717, 1.165) is 5.56 Å². The minimum absolute atomic E-state index is 0.260. The highest BCUT2D eigenvalue weighted by Gasteiger charge is 2.19. The molecule has 1 aliphatic heterocycles. The first-order chi connectivity index (χ1) is 7.36. The lowest BCUT2D eigenvalue weighted by atomic mass is 10.1. The molecule has 15 heavy (non-hydrogen) atoms. The lowest BCUT2D eigenvalue weighted by molar-refractivity contribution is 0.148. The van der Waals surface area contributed by atoms with Crippen LogP contribution in [0.5, 0.6) is 17.2 Å². The van der Waals surface area contributed by atoms with Gasteiger partial charge in [0.05, 0.1) is 19.2 Å². The molecule has 0 unspecified atom stereocenters. The Bertz CT molecular complexity index is 354. The molecule has 0 fully saturated rings. The molecule has 0 radical (unpaired) electrons. The Morgan fingerprint density at radius 1 is 1.40 bits per heavy atom. The highest BCUT2D eigenvalue weighted by molar-refractivity contribution is 5.54. The van der Waals surface area contributed by atoms with Crippen LogP contribution in [-0.4, -0.2) is 25.5 Å². The molecule has 0 spiro atoms. The molecular formula is C10H13NO4. The molecule has 1 aliphatic rings. The van der Waals surface area contributed by atoms with Crippen molar-refractivity contribution in [2.24, 2.45) is 0 Å². The maximum Gasteiger partial charge on any atom is 0.169 e. The zero-order valence-electron chi connectivity index (χ0n) is 8.45. The fourth-order valence-corrected chi connectivity index (χ4v) is 1.59. The van der Waals surface area contributed by atoms with E-state index in [9.17, 15) is 0 Å². The summed E-state index contributed by atoms with van der Waals surface area (Å²) < 4.78 is 16.1. The van der Waals surface area contributed by atoms with Crippen LogP contribution in [0.25, 0.3) is 0 Å². The molecule has 0 aromatic heterocycles. The second-order valence-corrected chi connectivity index (χ2v) is 3.11. The first-order valence-corrected chi connectivity index (χ1v) is 4.69. The second-order valence-electron chi connectivity index (χ2n) is 3.11. The predicted molar refractivity (Wildman–Crippen MR) is 52.6 cm³/mol. The molecule has 0 saturated heterocycles. The van der Waals surface area contributed by atoms with Crippen LogP contribution < -0.4 is 19.7 Å². The highest BCUT2D eigenvalue weighted by Crippen LogP contribution is 2.39.